The number of amides is 1. The van der Waals surface area contributed by atoms with Crippen molar-refractivity contribution in [1.29, 1.82) is 0 Å². The lowest BCUT2D eigenvalue weighted by molar-refractivity contribution is 0.0954. The van der Waals surface area contributed by atoms with Crippen LogP contribution in [0, 0.1) is 0 Å². The van der Waals surface area contributed by atoms with Gasteiger partial charge < -0.3 is 10.1 Å². The van der Waals surface area contributed by atoms with Gasteiger partial charge in [-0.25, -0.2) is 0 Å². The quantitative estimate of drug-likeness (QED) is 0.694. The van der Waals surface area contributed by atoms with Crippen LogP contribution < -0.4 is 10.1 Å². The Morgan fingerprint density at radius 2 is 2.12 bits per heavy atom. The van der Waals surface area contributed by atoms with E-state index >= 15 is 0 Å². The molecule has 0 radical (unpaired) electrons. The van der Waals surface area contributed by atoms with Crippen LogP contribution >= 0.6 is 22.7 Å². The SMILES string of the molecule is CCOc1ccccc1CNC(=O)c1cc2c(s1)-c1ccsc1CC2. The lowest BCUT2D eigenvalue weighted by Crippen LogP contribution is -2.22. The highest BCUT2D eigenvalue weighted by Crippen LogP contribution is 2.41. The first-order valence-corrected chi connectivity index (χ1v) is 10.1. The van der Waals surface area contributed by atoms with Crippen LogP contribution in [0.25, 0.3) is 10.4 Å². The van der Waals surface area contributed by atoms with Gasteiger partial charge in [0.25, 0.3) is 5.91 Å². The molecule has 3 nitrogen and oxygen atoms in total. The van der Waals surface area contributed by atoms with Gasteiger partial charge in [-0.05, 0) is 48.9 Å². The molecule has 1 aliphatic rings. The summed E-state index contributed by atoms with van der Waals surface area (Å²) in [6.07, 6.45) is 2.11. The second-order valence-electron chi connectivity index (χ2n) is 5.95. The standard InChI is InChI=1S/C20H19NO2S2/c1-2-23-16-6-4-3-5-14(16)12-21-20(22)18-11-13-7-8-17-15(9-10-24-17)19(13)25-18/h3-6,9-11H,2,7-8,12H2,1H3,(H,21,22). The van der Waals surface area contributed by atoms with Gasteiger partial charge in [0.1, 0.15) is 5.75 Å². The number of carbonyl (C=O) groups excluding carboxylic acids is 1. The predicted octanol–water partition coefficient (Wildman–Crippen LogP) is 4.90. The van der Waals surface area contributed by atoms with Crippen molar-refractivity contribution in [2.75, 3.05) is 6.61 Å². The number of benzene rings is 1. The summed E-state index contributed by atoms with van der Waals surface area (Å²) >= 11 is 3.42. The number of fused-ring (bicyclic) bond motifs is 3. The summed E-state index contributed by atoms with van der Waals surface area (Å²) in [6, 6.07) is 12.1. The average molecular weight is 370 g/mol. The molecule has 0 saturated carbocycles. The zero-order chi connectivity index (χ0) is 17.2. The van der Waals surface area contributed by atoms with Crippen LogP contribution in [-0.2, 0) is 19.4 Å². The highest BCUT2D eigenvalue weighted by atomic mass is 32.1. The minimum absolute atomic E-state index is 0.0116. The maximum Gasteiger partial charge on any atom is 0.261 e. The van der Waals surface area contributed by atoms with E-state index in [4.69, 9.17) is 4.74 Å². The summed E-state index contributed by atoms with van der Waals surface area (Å²) < 4.78 is 5.62. The smallest absolute Gasteiger partial charge is 0.261 e. The zero-order valence-corrected chi connectivity index (χ0v) is 15.6. The van der Waals surface area contributed by atoms with E-state index in [9.17, 15) is 4.79 Å². The summed E-state index contributed by atoms with van der Waals surface area (Å²) in [5, 5.41) is 5.18. The molecule has 0 saturated heterocycles. The largest absolute Gasteiger partial charge is 0.494 e. The van der Waals surface area contributed by atoms with Gasteiger partial charge in [0.05, 0.1) is 11.5 Å². The topological polar surface area (TPSA) is 38.3 Å². The molecule has 1 aromatic carbocycles. The molecule has 128 valence electrons. The summed E-state index contributed by atoms with van der Waals surface area (Å²) in [6.45, 7) is 3.05. The maximum atomic E-state index is 12.6. The van der Waals surface area contributed by atoms with E-state index in [1.807, 2.05) is 42.5 Å². The monoisotopic (exact) mass is 369 g/mol. The van der Waals surface area contributed by atoms with Gasteiger partial charge in [-0.1, -0.05) is 18.2 Å². The predicted molar refractivity (Wildman–Crippen MR) is 104 cm³/mol. The Hall–Kier alpha value is -2.11. The molecular formula is C20H19NO2S2. The van der Waals surface area contributed by atoms with Crippen LogP contribution in [0.3, 0.4) is 0 Å². The molecule has 4 rings (SSSR count). The van der Waals surface area contributed by atoms with Gasteiger partial charge in [0.2, 0.25) is 0 Å². The van der Waals surface area contributed by atoms with Gasteiger partial charge >= 0.3 is 0 Å². The molecule has 0 unspecified atom stereocenters. The van der Waals surface area contributed by atoms with Crippen molar-refractivity contribution in [2.24, 2.45) is 0 Å². The van der Waals surface area contributed by atoms with E-state index in [1.165, 1.54) is 20.9 Å². The number of thiophene rings is 2. The fourth-order valence-corrected chi connectivity index (χ4v) is 5.28. The Balaban J connectivity index is 1.50. The fourth-order valence-electron chi connectivity index (χ4n) is 3.15. The van der Waals surface area contributed by atoms with E-state index < -0.39 is 0 Å². The molecule has 0 atom stereocenters. The average Bonchev–Trinajstić information content (AvgIpc) is 3.26. The van der Waals surface area contributed by atoms with Crippen molar-refractivity contribution < 1.29 is 9.53 Å². The second kappa shape index (κ2) is 7.02. The third-order valence-corrected chi connectivity index (χ3v) is 6.55. The lowest BCUT2D eigenvalue weighted by Gasteiger charge is -2.10. The second-order valence-corrected chi connectivity index (χ2v) is 8.00. The van der Waals surface area contributed by atoms with Crippen LogP contribution in [0.2, 0.25) is 0 Å². The molecule has 3 aromatic rings. The normalized spacial score (nSPS) is 12.4. The number of hydrogen-bond acceptors (Lipinski definition) is 4. The van der Waals surface area contributed by atoms with E-state index in [2.05, 4.69) is 22.8 Å². The Morgan fingerprint density at radius 1 is 1.24 bits per heavy atom. The van der Waals surface area contributed by atoms with Crippen molar-refractivity contribution >= 4 is 28.6 Å². The summed E-state index contributed by atoms with van der Waals surface area (Å²) in [7, 11) is 0. The summed E-state index contributed by atoms with van der Waals surface area (Å²) in [4.78, 5) is 16.1. The number of aryl methyl sites for hydroxylation is 2. The van der Waals surface area contributed by atoms with Gasteiger partial charge in [0, 0.05) is 27.4 Å². The third-order valence-electron chi connectivity index (χ3n) is 4.36. The molecule has 1 N–H and O–H groups in total. The molecule has 2 aromatic heterocycles. The molecule has 0 fully saturated rings. The van der Waals surface area contributed by atoms with Gasteiger partial charge in [0.15, 0.2) is 0 Å². The van der Waals surface area contributed by atoms with Crippen molar-refractivity contribution in [1.82, 2.24) is 5.32 Å². The van der Waals surface area contributed by atoms with Gasteiger partial charge in [-0.3, -0.25) is 4.79 Å². The number of rotatable bonds is 5. The van der Waals surface area contributed by atoms with E-state index in [0.29, 0.717) is 13.2 Å². The molecule has 1 aliphatic carbocycles. The van der Waals surface area contributed by atoms with Crippen molar-refractivity contribution in [3.8, 4) is 16.2 Å². The van der Waals surface area contributed by atoms with Crippen LogP contribution in [0.5, 0.6) is 5.75 Å². The molecule has 0 spiro atoms. The first-order valence-electron chi connectivity index (χ1n) is 8.44. The van der Waals surface area contributed by atoms with Crippen molar-refractivity contribution in [3.05, 3.63) is 62.7 Å². The maximum absolute atomic E-state index is 12.6. The highest BCUT2D eigenvalue weighted by Gasteiger charge is 2.22. The molecule has 1 amide bonds. The van der Waals surface area contributed by atoms with Crippen molar-refractivity contribution in [3.63, 3.8) is 0 Å². The van der Waals surface area contributed by atoms with E-state index in [1.54, 1.807) is 11.3 Å². The first-order chi connectivity index (χ1) is 12.3. The first kappa shape index (κ1) is 16.4. The van der Waals surface area contributed by atoms with Crippen molar-refractivity contribution in [2.45, 2.75) is 26.3 Å². The lowest BCUT2D eigenvalue weighted by atomic mass is 9.98. The minimum atomic E-state index is -0.0116. The van der Waals surface area contributed by atoms with Crippen LogP contribution in [0.4, 0.5) is 0 Å². The van der Waals surface area contributed by atoms with Crippen LogP contribution in [0.1, 0.15) is 32.6 Å². The van der Waals surface area contributed by atoms with Crippen LogP contribution in [-0.4, -0.2) is 12.5 Å². The van der Waals surface area contributed by atoms with Gasteiger partial charge in [-0.2, -0.15) is 0 Å². The van der Waals surface area contributed by atoms with E-state index in [-0.39, 0.29) is 5.91 Å². The molecule has 0 bridgehead atoms. The number of para-hydroxylation sites is 1. The highest BCUT2D eigenvalue weighted by molar-refractivity contribution is 7.18. The molecule has 0 aliphatic heterocycles. The van der Waals surface area contributed by atoms with Crippen LogP contribution in [0.15, 0.2) is 41.8 Å². The number of ether oxygens (including phenoxy) is 1. The number of hydrogen-bond donors (Lipinski definition) is 1. The number of carbonyl (C=O) groups is 1. The third kappa shape index (κ3) is 3.22. The van der Waals surface area contributed by atoms with Gasteiger partial charge in [-0.15, -0.1) is 22.7 Å². The molecule has 25 heavy (non-hydrogen) atoms. The molecule has 2 heterocycles. The summed E-state index contributed by atoms with van der Waals surface area (Å²) in [5.74, 6) is 0.821. The Kier molecular flexibility index (Phi) is 4.59. The Morgan fingerprint density at radius 3 is 3.00 bits per heavy atom. The summed E-state index contributed by atoms with van der Waals surface area (Å²) in [5.41, 5.74) is 3.62. The zero-order valence-electron chi connectivity index (χ0n) is 14.0. The minimum Gasteiger partial charge on any atom is -0.494 e. The Labute approximate surface area is 155 Å². The molecular weight excluding hydrogens is 350 g/mol. The Bertz CT molecular complexity index is 910. The van der Waals surface area contributed by atoms with E-state index in [0.717, 1.165) is 29.0 Å². The fraction of sp³-hybridized carbons (Fsp3) is 0.250. The molecule has 5 heteroatoms. The number of nitrogens with one attached hydrogen (secondary N) is 1.